The first-order chi connectivity index (χ1) is 11.1. The molecule has 23 heavy (non-hydrogen) atoms. The van der Waals surface area contributed by atoms with Gasteiger partial charge in [-0.2, -0.15) is 12.6 Å². The summed E-state index contributed by atoms with van der Waals surface area (Å²) in [5.74, 6) is -0.412. The molecule has 0 aliphatic carbocycles. The molecule has 0 fully saturated rings. The SMILES string of the molecule is CCCCC(CC)CC(CS)C(=O)[O-].CCCCCCC[CH2][Sn+]. The Morgan fingerprint density at radius 2 is 1.57 bits per heavy atom. The zero-order valence-electron chi connectivity index (χ0n) is 15.6. The quantitative estimate of drug-likeness (QED) is 0.235. The second-order valence-electron chi connectivity index (χ2n) is 6.37. The van der Waals surface area contributed by atoms with E-state index in [2.05, 4.69) is 33.4 Å². The predicted octanol–water partition coefficient (Wildman–Crippen LogP) is 4.82. The van der Waals surface area contributed by atoms with E-state index in [0.717, 1.165) is 19.3 Å². The van der Waals surface area contributed by atoms with E-state index < -0.39 is 5.97 Å². The van der Waals surface area contributed by atoms with Gasteiger partial charge in [0.1, 0.15) is 0 Å². The van der Waals surface area contributed by atoms with E-state index in [1.165, 1.54) is 55.8 Å². The summed E-state index contributed by atoms with van der Waals surface area (Å²) in [5.41, 5.74) is 0. The molecule has 0 rings (SSSR count). The van der Waals surface area contributed by atoms with Crippen molar-refractivity contribution < 1.29 is 9.90 Å². The van der Waals surface area contributed by atoms with Crippen LogP contribution in [0.4, 0.5) is 0 Å². The van der Waals surface area contributed by atoms with Crippen molar-refractivity contribution in [3.05, 3.63) is 0 Å². The third-order valence-electron chi connectivity index (χ3n) is 4.25. The Kier molecular flexibility index (Phi) is 23.2. The summed E-state index contributed by atoms with van der Waals surface area (Å²) in [6.07, 6.45) is 14.0. The van der Waals surface area contributed by atoms with E-state index in [1.54, 1.807) is 22.5 Å². The Hall–Kier alpha value is 0.619. The first-order valence-corrected chi connectivity index (χ1v) is 12.2. The van der Waals surface area contributed by atoms with Crippen LogP contribution in [0.15, 0.2) is 0 Å². The summed E-state index contributed by atoms with van der Waals surface area (Å²) >= 11 is 5.75. The zero-order chi connectivity index (χ0) is 17.9. The monoisotopic (exact) mass is 450 g/mol. The molecular formula is C19H38O2SSn. The Morgan fingerprint density at radius 1 is 1.00 bits per heavy atom. The van der Waals surface area contributed by atoms with Gasteiger partial charge in [0.2, 0.25) is 0 Å². The first kappa shape index (κ1) is 25.9. The summed E-state index contributed by atoms with van der Waals surface area (Å²) in [6, 6.07) is 0. The van der Waals surface area contributed by atoms with Crippen LogP contribution in [0.2, 0.25) is 4.44 Å². The van der Waals surface area contributed by atoms with Crippen LogP contribution in [0.5, 0.6) is 0 Å². The molecule has 0 saturated carbocycles. The maximum atomic E-state index is 10.7. The molecule has 0 heterocycles. The van der Waals surface area contributed by atoms with Gasteiger partial charge in [-0.15, -0.1) is 0 Å². The van der Waals surface area contributed by atoms with Gasteiger partial charge in [0.25, 0.3) is 0 Å². The van der Waals surface area contributed by atoms with E-state index >= 15 is 0 Å². The van der Waals surface area contributed by atoms with Crippen molar-refractivity contribution in [2.24, 2.45) is 11.8 Å². The first-order valence-electron chi connectivity index (χ1n) is 9.53. The Morgan fingerprint density at radius 3 is 2.00 bits per heavy atom. The van der Waals surface area contributed by atoms with Crippen molar-refractivity contribution in [3.8, 4) is 0 Å². The van der Waals surface area contributed by atoms with E-state index in [1.807, 2.05) is 0 Å². The molecule has 0 aliphatic rings. The van der Waals surface area contributed by atoms with Crippen LogP contribution >= 0.6 is 12.6 Å². The third kappa shape index (κ3) is 18.8. The van der Waals surface area contributed by atoms with E-state index in [0.29, 0.717) is 11.7 Å². The molecule has 2 radical (unpaired) electrons. The van der Waals surface area contributed by atoms with Crippen molar-refractivity contribution in [3.63, 3.8) is 0 Å². The molecule has 0 aromatic carbocycles. The molecule has 0 bridgehead atoms. The van der Waals surface area contributed by atoms with Crippen molar-refractivity contribution in [2.75, 3.05) is 5.75 Å². The molecule has 2 atom stereocenters. The molecule has 0 saturated heterocycles. The predicted molar refractivity (Wildman–Crippen MR) is 104 cm³/mol. The fourth-order valence-corrected chi connectivity index (χ4v) is 3.55. The Bertz CT molecular complexity index is 244. The van der Waals surface area contributed by atoms with E-state index in [9.17, 15) is 9.90 Å². The van der Waals surface area contributed by atoms with E-state index in [4.69, 9.17) is 0 Å². The molecule has 0 aromatic rings. The van der Waals surface area contributed by atoms with Crippen LogP contribution in [0.25, 0.3) is 0 Å². The zero-order valence-corrected chi connectivity index (χ0v) is 19.4. The number of aliphatic carboxylic acids is 1. The maximum absolute atomic E-state index is 10.7. The number of carbonyl (C=O) groups is 1. The number of carbonyl (C=O) groups excluding carboxylic acids is 1. The third-order valence-corrected chi connectivity index (χ3v) is 5.70. The van der Waals surface area contributed by atoms with Gasteiger partial charge in [-0.3, -0.25) is 0 Å². The minimum absolute atomic E-state index is 0.375. The van der Waals surface area contributed by atoms with Crippen LogP contribution in [0, 0.1) is 11.8 Å². The van der Waals surface area contributed by atoms with Crippen LogP contribution in [-0.4, -0.2) is 34.2 Å². The molecule has 2 unspecified atom stereocenters. The van der Waals surface area contributed by atoms with Gasteiger partial charge in [-0.1, -0.05) is 39.5 Å². The normalized spacial score (nSPS) is 13.0. The molecule has 0 aliphatic heterocycles. The van der Waals surface area contributed by atoms with Crippen LogP contribution < -0.4 is 5.11 Å². The molecule has 0 aromatic heterocycles. The number of carboxylic acids is 1. The molecule has 4 heteroatoms. The number of hydrogen-bond donors (Lipinski definition) is 1. The summed E-state index contributed by atoms with van der Waals surface area (Å²) < 4.78 is 1.46. The summed E-state index contributed by atoms with van der Waals surface area (Å²) in [7, 11) is 0. The van der Waals surface area contributed by atoms with Gasteiger partial charge in [0, 0.05) is 11.9 Å². The van der Waals surface area contributed by atoms with Gasteiger partial charge in [-0.25, -0.2) is 0 Å². The molecular weight excluding hydrogens is 411 g/mol. The van der Waals surface area contributed by atoms with Gasteiger partial charge < -0.3 is 9.90 Å². The Labute approximate surface area is 164 Å². The molecule has 136 valence electrons. The minimum atomic E-state index is -0.949. The van der Waals surface area contributed by atoms with Crippen LogP contribution in [0.1, 0.15) is 91.4 Å². The van der Waals surface area contributed by atoms with Gasteiger partial charge in [0.15, 0.2) is 0 Å². The Balaban J connectivity index is 0. The van der Waals surface area contributed by atoms with Crippen molar-refractivity contribution in [1.82, 2.24) is 0 Å². The molecule has 0 N–H and O–H groups in total. The van der Waals surface area contributed by atoms with Crippen molar-refractivity contribution in [1.29, 1.82) is 0 Å². The fourth-order valence-electron chi connectivity index (χ4n) is 2.53. The topological polar surface area (TPSA) is 40.1 Å². The number of rotatable bonds is 14. The fraction of sp³-hybridized carbons (Fsp3) is 0.947. The number of thiol groups is 1. The molecule has 0 spiro atoms. The van der Waals surface area contributed by atoms with Gasteiger partial charge in [-0.05, 0) is 18.1 Å². The van der Waals surface area contributed by atoms with Crippen LogP contribution in [0.3, 0.4) is 0 Å². The van der Waals surface area contributed by atoms with E-state index in [-0.39, 0.29) is 5.92 Å². The van der Waals surface area contributed by atoms with Gasteiger partial charge in [0.05, 0.1) is 0 Å². The average molecular weight is 449 g/mol. The average Bonchev–Trinajstić information content (AvgIpc) is 2.55. The number of unbranched alkanes of at least 4 members (excludes halogenated alkanes) is 6. The van der Waals surface area contributed by atoms with Crippen molar-refractivity contribution >= 4 is 41.1 Å². The standard InChI is InChI=1S/C11H22O2S.C8H17.Sn/c1-3-5-6-9(4-2)7-10(8-14)11(12)13;1-3-5-7-8-6-4-2;/h9-10,14H,3-8H2,1-2H3,(H,12,13);1,3-8H2,2H3;/q;;+1/p-1. The number of hydrogen-bond acceptors (Lipinski definition) is 3. The molecule has 0 amide bonds. The van der Waals surface area contributed by atoms with Crippen LogP contribution in [-0.2, 0) is 4.79 Å². The number of carboxylic acid groups (broad SMARTS) is 1. The second kappa shape index (κ2) is 20.7. The summed E-state index contributed by atoms with van der Waals surface area (Å²) in [6.45, 7) is 6.54. The summed E-state index contributed by atoms with van der Waals surface area (Å²) in [5, 5.41) is 10.7. The second-order valence-corrected chi connectivity index (χ2v) is 8.16. The van der Waals surface area contributed by atoms with Crippen molar-refractivity contribution in [2.45, 2.75) is 95.8 Å². The summed E-state index contributed by atoms with van der Waals surface area (Å²) in [4.78, 5) is 10.7. The molecule has 2 nitrogen and oxygen atoms in total. The van der Waals surface area contributed by atoms with Gasteiger partial charge >= 0.3 is 72.4 Å².